The molecule has 0 atom stereocenters. The van der Waals surface area contributed by atoms with Crippen molar-refractivity contribution in [3.05, 3.63) is 94.5 Å². The third kappa shape index (κ3) is 6.72. The maximum absolute atomic E-state index is 13.5. The summed E-state index contributed by atoms with van der Waals surface area (Å²) in [5, 5.41) is 6.12. The number of fused-ring (bicyclic) bond motifs is 1. The number of rotatable bonds is 7. The second-order valence-electron chi connectivity index (χ2n) is 11.7. The molecule has 5 rings (SSSR count). The van der Waals surface area contributed by atoms with E-state index in [9.17, 15) is 9.59 Å². The van der Waals surface area contributed by atoms with Crippen molar-refractivity contribution in [1.29, 1.82) is 0 Å². The van der Waals surface area contributed by atoms with E-state index in [2.05, 4.69) is 65.5 Å². The molecule has 3 aromatic carbocycles. The van der Waals surface area contributed by atoms with Gasteiger partial charge in [0, 0.05) is 56.2 Å². The molecule has 1 saturated heterocycles. The molecule has 2 aliphatic rings. The number of benzene rings is 3. The Morgan fingerprint density at radius 3 is 2.33 bits per heavy atom. The van der Waals surface area contributed by atoms with Gasteiger partial charge < -0.3 is 20.3 Å². The Morgan fingerprint density at radius 2 is 1.60 bits per heavy atom. The first-order chi connectivity index (χ1) is 19.3. The van der Waals surface area contributed by atoms with Gasteiger partial charge in [0.05, 0.1) is 18.8 Å². The van der Waals surface area contributed by atoms with E-state index in [-0.39, 0.29) is 17.2 Å². The minimum atomic E-state index is -0.196. The van der Waals surface area contributed by atoms with Crippen LogP contribution < -0.4 is 15.5 Å². The van der Waals surface area contributed by atoms with Crippen LogP contribution in [0.25, 0.3) is 0 Å². The minimum absolute atomic E-state index is 0.0177. The maximum Gasteiger partial charge on any atom is 0.255 e. The zero-order chi connectivity index (χ0) is 28.1. The summed E-state index contributed by atoms with van der Waals surface area (Å²) in [6.45, 7) is 12.6. The highest BCUT2D eigenvalue weighted by atomic mass is 16.5. The summed E-state index contributed by atoms with van der Waals surface area (Å²) in [6.07, 6.45) is 0.928. The summed E-state index contributed by atoms with van der Waals surface area (Å²) in [6, 6.07) is 21.8. The monoisotopic (exact) mass is 540 g/mol. The van der Waals surface area contributed by atoms with Gasteiger partial charge in [0.2, 0.25) is 0 Å². The van der Waals surface area contributed by atoms with E-state index in [1.165, 1.54) is 16.7 Å². The molecule has 0 bridgehead atoms. The first-order valence-corrected chi connectivity index (χ1v) is 14.2. The first kappa shape index (κ1) is 27.9. The van der Waals surface area contributed by atoms with Crippen molar-refractivity contribution in [1.82, 2.24) is 10.2 Å². The average Bonchev–Trinajstić information content (AvgIpc) is 2.97. The SMILES string of the molecule is CC(C)(C)c1ccc(C(=O)Nc2ccc(N3CCc4ccccc4C3)c(C(=O)NCCN3CCOCC3)c2)cc1. The molecule has 0 spiro atoms. The van der Waals surface area contributed by atoms with E-state index < -0.39 is 0 Å². The van der Waals surface area contributed by atoms with Crippen LogP contribution in [-0.4, -0.2) is 62.7 Å². The highest BCUT2D eigenvalue weighted by molar-refractivity contribution is 6.06. The van der Waals surface area contributed by atoms with Crippen LogP contribution in [-0.2, 0) is 23.1 Å². The van der Waals surface area contributed by atoms with Crippen LogP contribution in [0.2, 0.25) is 0 Å². The fraction of sp³-hybridized carbons (Fsp3) is 0.394. The van der Waals surface area contributed by atoms with Crippen molar-refractivity contribution in [2.45, 2.75) is 39.2 Å². The number of carbonyl (C=O) groups is 2. The maximum atomic E-state index is 13.5. The van der Waals surface area contributed by atoms with Crippen LogP contribution in [0.4, 0.5) is 11.4 Å². The van der Waals surface area contributed by atoms with Gasteiger partial charge in [-0.05, 0) is 58.9 Å². The van der Waals surface area contributed by atoms with Gasteiger partial charge in [0.15, 0.2) is 0 Å². The topological polar surface area (TPSA) is 73.9 Å². The standard InChI is InChI=1S/C33H40N4O3/c1-33(2,3)27-10-8-25(9-11-27)31(38)35-28-12-13-30(37-16-14-24-6-4-5-7-26(24)23-37)29(22-28)32(39)34-15-17-36-18-20-40-21-19-36/h4-13,22H,14-21,23H2,1-3H3,(H,34,39)(H,35,38). The Kier molecular flexibility index (Phi) is 8.52. The average molecular weight is 541 g/mol. The fourth-order valence-electron chi connectivity index (χ4n) is 5.35. The van der Waals surface area contributed by atoms with E-state index in [1.807, 2.05) is 36.4 Å². The van der Waals surface area contributed by atoms with Crippen molar-refractivity contribution in [3.8, 4) is 0 Å². The van der Waals surface area contributed by atoms with Crippen LogP contribution >= 0.6 is 0 Å². The van der Waals surface area contributed by atoms with Gasteiger partial charge in [-0.25, -0.2) is 0 Å². The van der Waals surface area contributed by atoms with Crippen LogP contribution in [0.5, 0.6) is 0 Å². The molecule has 7 heteroatoms. The number of nitrogens with one attached hydrogen (secondary N) is 2. The molecule has 0 radical (unpaired) electrons. The van der Waals surface area contributed by atoms with Crippen LogP contribution in [0.15, 0.2) is 66.7 Å². The smallest absolute Gasteiger partial charge is 0.255 e. The van der Waals surface area contributed by atoms with E-state index in [1.54, 1.807) is 6.07 Å². The number of hydrogen-bond donors (Lipinski definition) is 2. The van der Waals surface area contributed by atoms with E-state index >= 15 is 0 Å². The molecule has 7 nitrogen and oxygen atoms in total. The molecule has 40 heavy (non-hydrogen) atoms. The van der Waals surface area contributed by atoms with Gasteiger partial charge in [-0.2, -0.15) is 0 Å². The summed E-state index contributed by atoms with van der Waals surface area (Å²) in [5.41, 5.74) is 6.47. The van der Waals surface area contributed by atoms with Crippen molar-refractivity contribution in [3.63, 3.8) is 0 Å². The molecular formula is C33H40N4O3. The van der Waals surface area contributed by atoms with Gasteiger partial charge in [-0.3, -0.25) is 14.5 Å². The first-order valence-electron chi connectivity index (χ1n) is 14.2. The van der Waals surface area contributed by atoms with Crippen molar-refractivity contribution in [2.24, 2.45) is 0 Å². The number of nitrogens with zero attached hydrogens (tertiary/aromatic N) is 2. The van der Waals surface area contributed by atoms with Crippen molar-refractivity contribution >= 4 is 23.2 Å². The molecule has 1 fully saturated rings. The molecule has 0 aliphatic carbocycles. The second kappa shape index (κ2) is 12.2. The minimum Gasteiger partial charge on any atom is -0.379 e. The van der Waals surface area contributed by atoms with E-state index in [0.717, 1.165) is 58.0 Å². The largest absolute Gasteiger partial charge is 0.379 e. The third-order valence-electron chi connectivity index (χ3n) is 7.80. The lowest BCUT2D eigenvalue weighted by molar-refractivity contribution is 0.0383. The summed E-state index contributed by atoms with van der Waals surface area (Å²) in [7, 11) is 0. The summed E-state index contributed by atoms with van der Waals surface area (Å²) < 4.78 is 5.43. The van der Waals surface area contributed by atoms with Gasteiger partial charge in [-0.15, -0.1) is 0 Å². The predicted molar refractivity (Wildman–Crippen MR) is 160 cm³/mol. The van der Waals surface area contributed by atoms with Crippen molar-refractivity contribution < 1.29 is 14.3 Å². The van der Waals surface area contributed by atoms with Gasteiger partial charge in [-0.1, -0.05) is 57.2 Å². The normalized spacial score (nSPS) is 15.8. The zero-order valence-corrected chi connectivity index (χ0v) is 23.8. The molecule has 2 heterocycles. The lowest BCUT2D eigenvalue weighted by atomic mass is 9.87. The number of amides is 2. The van der Waals surface area contributed by atoms with Crippen molar-refractivity contribution in [2.75, 3.05) is 56.2 Å². The molecule has 0 unspecified atom stereocenters. The molecule has 3 aromatic rings. The highest BCUT2D eigenvalue weighted by Gasteiger charge is 2.23. The van der Waals surface area contributed by atoms with E-state index in [4.69, 9.17) is 4.74 Å². The van der Waals surface area contributed by atoms with Crippen LogP contribution in [0.1, 0.15) is 58.2 Å². The number of ether oxygens (including phenoxy) is 1. The third-order valence-corrected chi connectivity index (χ3v) is 7.80. The Bertz CT molecular complexity index is 1340. The Labute approximate surface area is 237 Å². The van der Waals surface area contributed by atoms with Gasteiger partial charge in [0.25, 0.3) is 11.8 Å². The quantitative estimate of drug-likeness (QED) is 0.448. The van der Waals surface area contributed by atoms with Gasteiger partial charge in [0.1, 0.15) is 0 Å². The summed E-state index contributed by atoms with van der Waals surface area (Å²) in [5.74, 6) is -0.327. The Morgan fingerprint density at radius 1 is 0.875 bits per heavy atom. The highest BCUT2D eigenvalue weighted by Crippen LogP contribution is 2.30. The molecular weight excluding hydrogens is 500 g/mol. The Balaban J connectivity index is 1.34. The van der Waals surface area contributed by atoms with Gasteiger partial charge >= 0.3 is 0 Å². The number of carbonyl (C=O) groups excluding carboxylic acids is 2. The molecule has 0 aromatic heterocycles. The molecule has 210 valence electrons. The number of morpholine rings is 1. The lowest BCUT2D eigenvalue weighted by Crippen LogP contribution is -2.41. The predicted octanol–water partition coefficient (Wildman–Crippen LogP) is 4.86. The summed E-state index contributed by atoms with van der Waals surface area (Å²) >= 11 is 0. The molecule has 2 aliphatic heterocycles. The molecule has 0 saturated carbocycles. The fourth-order valence-corrected chi connectivity index (χ4v) is 5.35. The second-order valence-corrected chi connectivity index (χ2v) is 11.7. The summed E-state index contributed by atoms with van der Waals surface area (Å²) in [4.78, 5) is 31.2. The lowest BCUT2D eigenvalue weighted by Gasteiger charge is -2.32. The molecule has 2 N–H and O–H groups in total. The Hall–Kier alpha value is -3.68. The van der Waals surface area contributed by atoms with E-state index in [0.29, 0.717) is 23.4 Å². The molecule has 2 amide bonds. The zero-order valence-electron chi connectivity index (χ0n) is 23.8. The van der Waals surface area contributed by atoms with Crippen LogP contribution in [0, 0.1) is 0 Å². The number of hydrogen-bond acceptors (Lipinski definition) is 5. The van der Waals surface area contributed by atoms with Crippen LogP contribution in [0.3, 0.4) is 0 Å². The number of anilines is 2.